The average molecular weight is 306 g/mol. The molecule has 0 saturated carbocycles. The van der Waals surface area contributed by atoms with E-state index in [0.717, 1.165) is 11.1 Å². The summed E-state index contributed by atoms with van der Waals surface area (Å²) in [5.74, 6) is -1.53. The first-order chi connectivity index (χ1) is 10.2. The molecule has 0 aromatic carbocycles. The molecule has 5 nitrogen and oxygen atoms in total. The van der Waals surface area contributed by atoms with Gasteiger partial charge in [-0.25, -0.2) is 0 Å². The van der Waals surface area contributed by atoms with E-state index in [1.54, 1.807) is 19.9 Å². The molecule has 1 N–H and O–H groups in total. The van der Waals surface area contributed by atoms with Gasteiger partial charge in [-0.05, 0) is 19.4 Å². The van der Waals surface area contributed by atoms with Gasteiger partial charge in [-0.15, -0.1) is 0 Å². The maximum absolute atomic E-state index is 12.1. The molecule has 1 fully saturated rings. The summed E-state index contributed by atoms with van der Waals surface area (Å²) >= 11 is 0. The van der Waals surface area contributed by atoms with Crippen LogP contribution in [0.25, 0.3) is 0 Å². The Labute approximate surface area is 130 Å². The first kappa shape index (κ1) is 15.3. The van der Waals surface area contributed by atoms with Gasteiger partial charge in [-0.1, -0.05) is 24.6 Å². The van der Waals surface area contributed by atoms with Crippen molar-refractivity contribution >= 4 is 11.9 Å². The fourth-order valence-corrected chi connectivity index (χ4v) is 4.17. The number of ether oxygens (including phenoxy) is 2. The number of esters is 2. The lowest BCUT2D eigenvalue weighted by atomic mass is 9.76. The first-order valence-corrected chi connectivity index (χ1v) is 7.71. The maximum atomic E-state index is 12.1. The summed E-state index contributed by atoms with van der Waals surface area (Å²) in [6.07, 6.45) is 3.37. The van der Waals surface area contributed by atoms with E-state index in [1.807, 2.05) is 13.0 Å². The second-order valence-electron chi connectivity index (χ2n) is 6.89. The zero-order chi connectivity index (χ0) is 16.2. The van der Waals surface area contributed by atoms with E-state index in [4.69, 9.17) is 9.47 Å². The van der Waals surface area contributed by atoms with Crippen LogP contribution in [0.5, 0.6) is 0 Å². The Bertz CT molecular complexity index is 586. The molecular formula is C17H22O5. The molecule has 0 aromatic heterocycles. The van der Waals surface area contributed by atoms with Gasteiger partial charge in [0.05, 0.1) is 17.4 Å². The lowest BCUT2D eigenvalue weighted by Gasteiger charge is -2.34. The summed E-state index contributed by atoms with van der Waals surface area (Å²) in [6, 6.07) is 0. The third kappa shape index (κ3) is 2.19. The van der Waals surface area contributed by atoms with E-state index in [9.17, 15) is 14.7 Å². The lowest BCUT2D eigenvalue weighted by molar-refractivity contribution is -0.151. The molecule has 0 spiro atoms. The van der Waals surface area contributed by atoms with Gasteiger partial charge in [0.2, 0.25) is 0 Å². The average Bonchev–Trinajstić information content (AvgIpc) is 2.81. The monoisotopic (exact) mass is 306 g/mol. The molecule has 22 heavy (non-hydrogen) atoms. The Balaban J connectivity index is 2.07. The highest BCUT2D eigenvalue weighted by Crippen LogP contribution is 2.50. The molecular weight excluding hydrogens is 284 g/mol. The number of carbonyl (C=O) groups excluding carboxylic acids is 2. The van der Waals surface area contributed by atoms with Crippen molar-refractivity contribution in [2.75, 3.05) is 0 Å². The van der Waals surface area contributed by atoms with Gasteiger partial charge < -0.3 is 14.6 Å². The Kier molecular flexibility index (Phi) is 3.44. The number of hydrogen-bond acceptors (Lipinski definition) is 5. The van der Waals surface area contributed by atoms with Gasteiger partial charge in [0.1, 0.15) is 12.2 Å². The molecule has 2 aliphatic carbocycles. The number of aliphatic hydroxyl groups is 1. The predicted molar refractivity (Wildman–Crippen MR) is 78.7 cm³/mol. The van der Waals surface area contributed by atoms with Gasteiger partial charge in [-0.2, -0.15) is 0 Å². The van der Waals surface area contributed by atoms with E-state index in [1.165, 1.54) is 6.92 Å². The van der Waals surface area contributed by atoms with Crippen molar-refractivity contribution in [3.8, 4) is 0 Å². The molecule has 1 saturated heterocycles. The molecule has 5 heteroatoms. The lowest BCUT2D eigenvalue weighted by Crippen LogP contribution is -2.44. The number of rotatable bonds is 1. The SMILES string of the molecule is CC(=O)O[C@@H]1CC(C)=C2C=C[C@@](C)(O)[C@@H]2[C@@H]2OC(=O)[C@H](C)[C@H]21. The predicted octanol–water partition coefficient (Wildman–Crippen LogP) is 1.75. The van der Waals surface area contributed by atoms with E-state index < -0.39 is 17.8 Å². The fourth-order valence-electron chi connectivity index (χ4n) is 4.17. The van der Waals surface area contributed by atoms with Crippen molar-refractivity contribution in [3.63, 3.8) is 0 Å². The summed E-state index contributed by atoms with van der Waals surface area (Å²) in [5.41, 5.74) is 1.01. The highest BCUT2D eigenvalue weighted by atomic mass is 16.6. The Morgan fingerprint density at radius 1 is 1.50 bits per heavy atom. The molecule has 0 radical (unpaired) electrons. The molecule has 1 aliphatic heterocycles. The highest BCUT2D eigenvalue weighted by Gasteiger charge is 2.57. The van der Waals surface area contributed by atoms with Crippen LogP contribution in [-0.4, -0.2) is 34.9 Å². The minimum Gasteiger partial charge on any atom is -0.462 e. The first-order valence-electron chi connectivity index (χ1n) is 7.71. The second kappa shape index (κ2) is 4.95. The summed E-state index contributed by atoms with van der Waals surface area (Å²) in [7, 11) is 0. The molecule has 120 valence electrons. The van der Waals surface area contributed by atoms with E-state index in [2.05, 4.69) is 0 Å². The van der Waals surface area contributed by atoms with Crippen molar-refractivity contribution < 1.29 is 24.2 Å². The highest BCUT2D eigenvalue weighted by molar-refractivity contribution is 5.75. The Hall–Kier alpha value is -1.62. The molecule has 1 heterocycles. The van der Waals surface area contributed by atoms with Crippen molar-refractivity contribution in [1.82, 2.24) is 0 Å². The summed E-state index contributed by atoms with van der Waals surface area (Å²) in [6.45, 7) is 6.90. The van der Waals surface area contributed by atoms with Crippen molar-refractivity contribution in [3.05, 3.63) is 23.3 Å². The van der Waals surface area contributed by atoms with E-state index in [-0.39, 0.29) is 29.7 Å². The maximum Gasteiger partial charge on any atom is 0.309 e. The van der Waals surface area contributed by atoms with Gasteiger partial charge in [0, 0.05) is 19.3 Å². The topological polar surface area (TPSA) is 72.8 Å². The summed E-state index contributed by atoms with van der Waals surface area (Å²) < 4.78 is 11.1. The summed E-state index contributed by atoms with van der Waals surface area (Å²) in [4.78, 5) is 23.5. The second-order valence-corrected chi connectivity index (χ2v) is 6.89. The zero-order valence-corrected chi connectivity index (χ0v) is 13.3. The van der Waals surface area contributed by atoms with Gasteiger partial charge in [-0.3, -0.25) is 9.59 Å². The molecule has 3 rings (SSSR count). The van der Waals surface area contributed by atoms with Crippen LogP contribution in [-0.2, 0) is 19.1 Å². The van der Waals surface area contributed by atoms with Gasteiger partial charge >= 0.3 is 11.9 Å². The van der Waals surface area contributed by atoms with E-state index >= 15 is 0 Å². The third-order valence-corrected chi connectivity index (χ3v) is 5.22. The van der Waals surface area contributed by atoms with Gasteiger partial charge in [0.25, 0.3) is 0 Å². The Morgan fingerprint density at radius 2 is 2.18 bits per heavy atom. The third-order valence-electron chi connectivity index (χ3n) is 5.22. The summed E-state index contributed by atoms with van der Waals surface area (Å²) in [5, 5.41) is 10.7. The van der Waals surface area contributed by atoms with Crippen LogP contribution in [0.15, 0.2) is 23.3 Å². The molecule has 0 bridgehead atoms. The minimum absolute atomic E-state index is 0.236. The standard InChI is InChI=1S/C17H22O5/c1-8-7-12(21-10(3)18)13-9(2)16(19)22-15(13)14-11(8)5-6-17(14,4)20/h5-6,9,12-15,20H,7H2,1-4H3/t9-,12-,13+,14+,15-,17-/m1/s1. The normalized spacial score (nSPS) is 43.5. The number of fused-ring (bicyclic) bond motifs is 3. The van der Waals surface area contributed by atoms with Crippen LogP contribution in [0, 0.1) is 17.8 Å². The molecule has 3 aliphatic rings. The molecule has 0 amide bonds. The van der Waals surface area contributed by atoms with Gasteiger partial charge in [0.15, 0.2) is 0 Å². The van der Waals surface area contributed by atoms with Crippen molar-refractivity contribution in [2.24, 2.45) is 17.8 Å². The number of hydrogen-bond donors (Lipinski definition) is 1. The molecule has 0 unspecified atom stereocenters. The largest absolute Gasteiger partial charge is 0.462 e. The molecule has 6 atom stereocenters. The van der Waals surface area contributed by atoms with Crippen LogP contribution in [0.3, 0.4) is 0 Å². The fraction of sp³-hybridized carbons (Fsp3) is 0.647. The van der Waals surface area contributed by atoms with Crippen molar-refractivity contribution in [2.45, 2.75) is 51.9 Å². The quantitative estimate of drug-likeness (QED) is 0.747. The minimum atomic E-state index is -1.06. The smallest absolute Gasteiger partial charge is 0.309 e. The zero-order valence-electron chi connectivity index (χ0n) is 13.3. The number of carbonyl (C=O) groups is 2. The molecule has 0 aromatic rings. The van der Waals surface area contributed by atoms with Crippen LogP contribution >= 0.6 is 0 Å². The van der Waals surface area contributed by atoms with Crippen LogP contribution in [0.2, 0.25) is 0 Å². The van der Waals surface area contributed by atoms with Crippen LogP contribution < -0.4 is 0 Å². The van der Waals surface area contributed by atoms with Crippen molar-refractivity contribution in [1.29, 1.82) is 0 Å². The van der Waals surface area contributed by atoms with Crippen LogP contribution in [0.4, 0.5) is 0 Å². The van der Waals surface area contributed by atoms with Crippen LogP contribution in [0.1, 0.15) is 34.1 Å². The Morgan fingerprint density at radius 3 is 2.82 bits per heavy atom. The van der Waals surface area contributed by atoms with E-state index in [0.29, 0.717) is 6.42 Å². The number of allylic oxidation sites excluding steroid dienone is 1.